The Morgan fingerprint density at radius 2 is 2.35 bits per heavy atom. The molecule has 94 valence electrons. The monoisotopic (exact) mass is 251 g/mol. The van der Waals surface area contributed by atoms with Crippen molar-refractivity contribution in [1.82, 2.24) is 9.88 Å². The van der Waals surface area contributed by atoms with Crippen molar-refractivity contribution in [1.29, 1.82) is 0 Å². The number of nitrogens with two attached hydrogens (primary N) is 1. The molecule has 1 unspecified atom stereocenters. The maximum absolute atomic E-state index is 6.24. The highest BCUT2D eigenvalue weighted by Crippen LogP contribution is 2.41. The van der Waals surface area contributed by atoms with Crippen LogP contribution in [-0.4, -0.2) is 23.0 Å². The topological polar surface area (TPSA) is 42.2 Å². The van der Waals surface area contributed by atoms with Crippen LogP contribution >= 0.6 is 11.3 Å². The summed E-state index contributed by atoms with van der Waals surface area (Å²) < 4.78 is 0. The molecule has 1 atom stereocenters. The van der Waals surface area contributed by atoms with E-state index in [1.54, 1.807) is 0 Å². The first-order valence-corrected chi connectivity index (χ1v) is 7.56. The molecule has 1 aliphatic heterocycles. The van der Waals surface area contributed by atoms with E-state index in [-0.39, 0.29) is 6.04 Å². The van der Waals surface area contributed by atoms with E-state index in [1.165, 1.54) is 47.9 Å². The lowest BCUT2D eigenvalue weighted by atomic mass is 10.1. The Balaban J connectivity index is 1.74. The van der Waals surface area contributed by atoms with Gasteiger partial charge in [0.05, 0.1) is 11.7 Å². The lowest BCUT2D eigenvalue weighted by molar-refractivity contribution is 0.256. The van der Waals surface area contributed by atoms with Gasteiger partial charge in [0, 0.05) is 24.4 Å². The maximum atomic E-state index is 6.24. The van der Waals surface area contributed by atoms with Crippen molar-refractivity contribution < 1.29 is 0 Å². The average molecular weight is 251 g/mol. The molecule has 3 nitrogen and oxygen atoms in total. The molecule has 0 bridgehead atoms. The molecular formula is C13H21N3S. The Morgan fingerprint density at radius 3 is 3.06 bits per heavy atom. The van der Waals surface area contributed by atoms with Crippen LogP contribution in [0.15, 0.2) is 0 Å². The highest BCUT2D eigenvalue weighted by molar-refractivity contribution is 7.11. The number of thiazole rings is 1. The zero-order chi connectivity index (χ0) is 11.8. The van der Waals surface area contributed by atoms with E-state index in [2.05, 4.69) is 11.8 Å². The van der Waals surface area contributed by atoms with Crippen LogP contribution < -0.4 is 5.73 Å². The van der Waals surface area contributed by atoms with Crippen molar-refractivity contribution in [2.45, 2.75) is 45.2 Å². The number of nitrogens with zero attached hydrogens (tertiary/aromatic N) is 2. The van der Waals surface area contributed by atoms with Crippen LogP contribution in [0.3, 0.4) is 0 Å². The van der Waals surface area contributed by atoms with Crippen molar-refractivity contribution >= 4 is 11.3 Å². The predicted octanol–water partition coefficient (Wildman–Crippen LogP) is 2.32. The standard InChI is InChI=1S/C13H21N3S/c1-2-6-16-7-5-10-11(8-16)17-13(15-10)12(14)9-3-4-9/h9,12H,2-8,14H2,1H3. The van der Waals surface area contributed by atoms with Crippen LogP contribution in [0.2, 0.25) is 0 Å². The van der Waals surface area contributed by atoms with Crippen molar-refractivity contribution in [2.24, 2.45) is 11.7 Å². The van der Waals surface area contributed by atoms with E-state index < -0.39 is 0 Å². The van der Waals surface area contributed by atoms with Crippen molar-refractivity contribution in [3.05, 3.63) is 15.6 Å². The third-order valence-electron chi connectivity index (χ3n) is 3.78. The Labute approximate surface area is 107 Å². The highest BCUT2D eigenvalue weighted by Gasteiger charge is 2.32. The van der Waals surface area contributed by atoms with Gasteiger partial charge in [-0.15, -0.1) is 11.3 Å². The first-order valence-electron chi connectivity index (χ1n) is 6.74. The normalized spacial score (nSPS) is 22.5. The lowest BCUT2D eigenvalue weighted by Crippen LogP contribution is -2.30. The van der Waals surface area contributed by atoms with Gasteiger partial charge in [0.15, 0.2) is 0 Å². The van der Waals surface area contributed by atoms with E-state index in [0.717, 1.165) is 13.0 Å². The molecule has 2 N–H and O–H groups in total. The van der Waals surface area contributed by atoms with Gasteiger partial charge in [-0.3, -0.25) is 4.90 Å². The summed E-state index contributed by atoms with van der Waals surface area (Å²) >= 11 is 1.86. The summed E-state index contributed by atoms with van der Waals surface area (Å²) in [5.74, 6) is 0.717. The summed E-state index contributed by atoms with van der Waals surface area (Å²) in [7, 11) is 0. The zero-order valence-electron chi connectivity index (χ0n) is 10.5. The van der Waals surface area contributed by atoms with Crippen LogP contribution in [-0.2, 0) is 13.0 Å². The molecule has 0 radical (unpaired) electrons. The molecule has 17 heavy (non-hydrogen) atoms. The van der Waals surface area contributed by atoms with Gasteiger partial charge in [-0.25, -0.2) is 4.98 Å². The second-order valence-corrected chi connectivity index (χ2v) is 6.43. The Hall–Kier alpha value is -0.450. The second kappa shape index (κ2) is 4.67. The van der Waals surface area contributed by atoms with E-state index in [4.69, 9.17) is 10.7 Å². The fraction of sp³-hybridized carbons (Fsp3) is 0.769. The van der Waals surface area contributed by atoms with Gasteiger partial charge in [-0.2, -0.15) is 0 Å². The summed E-state index contributed by atoms with van der Waals surface area (Å²) in [4.78, 5) is 8.78. The van der Waals surface area contributed by atoms with Crippen LogP contribution in [0.5, 0.6) is 0 Å². The SMILES string of the molecule is CCCN1CCc2nc(C(N)C3CC3)sc2C1. The number of fused-ring (bicyclic) bond motifs is 1. The summed E-state index contributed by atoms with van der Waals surface area (Å²) in [6, 6.07) is 0.213. The molecule has 1 aromatic heterocycles. The maximum Gasteiger partial charge on any atom is 0.110 e. The van der Waals surface area contributed by atoms with Gasteiger partial charge in [-0.1, -0.05) is 6.92 Å². The summed E-state index contributed by atoms with van der Waals surface area (Å²) in [5, 5.41) is 1.19. The van der Waals surface area contributed by atoms with Crippen LogP contribution in [0.25, 0.3) is 0 Å². The molecule has 3 rings (SSSR count). The smallest absolute Gasteiger partial charge is 0.110 e. The molecule has 0 amide bonds. The predicted molar refractivity (Wildman–Crippen MR) is 71.0 cm³/mol. The van der Waals surface area contributed by atoms with Gasteiger partial charge >= 0.3 is 0 Å². The Bertz CT molecular complexity index is 397. The van der Waals surface area contributed by atoms with Crippen molar-refractivity contribution in [3.63, 3.8) is 0 Å². The Kier molecular flexibility index (Phi) is 3.19. The Morgan fingerprint density at radius 1 is 1.53 bits per heavy atom. The van der Waals surface area contributed by atoms with Gasteiger partial charge in [0.1, 0.15) is 5.01 Å². The highest BCUT2D eigenvalue weighted by atomic mass is 32.1. The second-order valence-electron chi connectivity index (χ2n) is 5.31. The minimum atomic E-state index is 0.213. The first kappa shape index (κ1) is 11.6. The van der Waals surface area contributed by atoms with E-state index in [1.807, 2.05) is 11.3 Å². The van der Waals surface area contributed by atoms with Crippen LogP contribution in [0.1, 0.15) is 47.8 Å². The molecule has 0 aromatic carbocycles. The molecule has 2 heterocycles. The van der Waals surface area contributed by atoms with Crippen LogP contribution in [0, 0.1) is 5.92 Å². The van der Waals surface area contributed by atoms with Gasteiger partial charge in [-0.05, 0) is 31.7 Å². The fourth-order valence-electron chi connectivity index (χ4n) is 2.57. The minimum Gasteiger partial charge on any atom is -0.322 e. The molecule has 2 aliphatic rings. The third-order valence-corrected chi connectivity index (χ3v) is 4.97. The van der Waals surface area contributed by atoms with E-state index in [0.29, 0.717) is 5.92 Å². The first-order chi connectivity index (χ1) is 8.28. The van der Waals surface area contributed by atoms with Crippen LogP contribution in [0.4, 0.5) is 0 Å². The molecule has 1 aliphatic carbocycles. The van der Waals surface area contributed by atoms with E-state index >= 15 is 0 Å². The minimum absolute atomic E-state index is 0.213. The quantitative estimate of drug-likeness (QED) is 0.893. The van der Waals surface area contributed by atoms with Crippen molar-refractivity contribution in [2.75, 3.05) is 13.1 Å². The largest absolute Gasteiger partial charge is 0.322 e. The number of hydrogen-bond donors (Lipinski definition) is 1. The molecule has 4 heteroatoms. The third kappa shape index (κ3) is 2.39. The molecule has 1 fully saturated rings. The molecule has 0 saturated heterocycles. The number of aromatic nitrogens is 1. The van der Waals surface area contributed by atoms with Crippen molar-refractivity contribution in [3.8, 4) is 0 Å². The zero-order valence-corrected chi connectivity index (χ0v) is 11.3. The fourth-order valence-corrected chi connectivity index (χ4v) is 3.82. The molecule has 0 spiro atoms. The number of rotatable bonds is 4. The molecule has 1 aromatic rings. The lowest BCUT2D eigenvalue weighted by Gasteiger charge is -2.25. The summed E-state index contributed by atoms with van der Waals surface area (Å²) in [6.07, 6.45) is 4.95. The average Bonchev–Trinajstić information content (AvgIpc) is 3.08. The summed E-state index contributed by atoms with van der Waals surface area (Å²) in [5.41, 5.74) is 7.57. The summed E-state index contributed by atoms with van der Waals surface area (Å²) in [6.45, 7) is 5.72. The van der Waals surface area contributed by atoms with Gasteiger partial charge in [0.2, 0.25) is 0 Å². The van der Waals surface area contributed by atoms with Gasteiger partial charge < -0.3 is 5.73 Å². The molecular weight excluding hydrogens is 230 g/mol. The van der Waals surface area contributed by atoms with E-state index in [9.17, 15) is 0 Å². The molecule has 1 saturated carbocycles. The van der Waals surface area contributed by atoms with Gasteiger partial charge in [0.25, 0.3) is 0 Å². The number of hydrogen-bond acceptors (Lipinski definition) is 4.